The van der Waals surface area contributed by atoms with Gasteiger partial charge in [-0.1, -0.05) is 0 Å². The molecule has 1 N–H and O–H groups in total. The Morgan fingerprint density at radius 2 is 1.09 bits per heavy atom. The molecule has 0 aliphatic carbocycles. The molecule has 0 amide bonds. The molecule has 0 radical (unpaired) electrons. The Morgan fingerprint density at radius 1 is 0.697 bits per heavy atom. The maximum atomic E-state index is 11.9. The van der Waals surface area contributed by atoms with Crippen molar-refractivity contribution in [3.63, 3.8) is 0 Å². The summed E-state index contributed by atoms with van der Waals surface area (Å²) in [5, 5.41) is 12.8. The van der Waals surface area contributed by atoms with Gasteiger partial charge in [-0.15, -0.1) is 0 Å². The van der Waals surface area contributed by atoms with Crippen molar-refractivity contribution in [3.05, 3.63) is 89.5 Å². The van der Waals surface area contributed by atoms with Gasteiger partial charge in [-0.3, -0.25) is 0 Å². The van der Waals surface area contributed by atoms with Gasteiger partial charge in [0.05, 0.1) is 0 Å². The first-order valence-electron chi connectivity index (χ1n) is 11.4. The SMILES string of the molecule is Cc1ccc([PH](CCCOC(=O)CCC(=O)O)(c2ccc(C)cc2)c2ccc(C)cc2)cc1. The number of hydrogen-bond donors (Lipinski definition) is 1. The topological polar surface area (TPSA) is 63.6 Å². The number of carboxylic acids is 1. The third-order valence-corrected chi connectivity index (χ3v) is 11.2. The van der Waals surface area contributed by atoms with Crippen LogP contribution >= 0.6 is 7.26 Å². The average Bonchev–Trinajstić information content (AvgIpc) is 2.80. The Balaban J connectivity index is 1.97. The van der Waals surface area contributed by atoms with Gasteiger partial charge in [0.25, 0.3) is 0 Å². The monoisotopic (exact) mass is 464 g/mol. The van der Waals surface area contributed by atoms with E-state index in [1.807, 2.05) is 0 Å². The fourth-order valence-corrected chi connectivity index (χ4v) is 9.00. The molecule has 3 aromatic carbocycles. The summed E-state index contributed by atoms with van der Waals surface area (Å²) < 4.78 is 5.37. The molecular weight excluding hydrogens is 431 g/mol. The number of hydrogen-bond acceptors (Lipinski definition) is 3. The number of benzene rings is 3. The number of carbonyl (C=O) groups excluding carboxylic acids is 1. The summed E-state index contributed by atoms with van der Waals surface area (Å²) in [7, 11) is -2.39. The van der Waals surface area contributed by atoms with Crippen LogP contribution in [-0.4, -0.2) is 29.8 Å². The summed E-state index contributed by atoms with van der Waals surface area (Å²) in [6, 6.07) is 26.5. The van der Waals surface area contributed by atoms with Crippen LogP contribution < -0.4 is 15.9 Å². The molecule has 0 aliphatic heterocycles. The second kappa shape index (κ2) is 11.2. The van der Waals surface area contributed by atoms with Crippen LogP contribution in [0.2, 0.25) is 0 Å². The molecule has 0 unspecified atom stereocenters. The zero-order valence-corrected chi connectivity index (χ0v) is 20.6. The van der Waals surface area contributed by atoms with Crippen molar-refractivity contribution in [3.8, 4) is 0 Å². The Hall–Kier alpha value is -2.97. The van der Waals surface area contributed by atoms with Crippen molar-refractivity contribution in [2.45, 2.75) is 40.0 Å². The number of ether oxygens (including phenoxy) is 1. The van der Waals surface area contributed by atoms with E-state index in [0.717, 1.165) is 6.16 Å². The third-order valence-electron chi connectivity index (χ3n) is 6.14. The van der Waals surface area contributed by atoms with Gasteiger partial charge in [0.1, 0.15) is 0 Å². The number of esters is 1. The molecule has 4 nitrogen and oxygen atoms in total. The van der Waals surface area contributed by atoms with Crippen molar-refractivity contribution in [2.75, 3.05) is 12.8 Å². The summed E-state index contributed by atoms with van der Waals surface area (Å²) in [5.41, 5.74) is 3.67. The first-order chi connectivity index (χ1) is 15.8. The number of aliphatic carboxylic acids is 1. The van der Waals surface area contributed by atoms with Gasteiger partial charge < -0.3 is 0 Å². The quantitative estimate of drug-likeness (QED) is 0.274. The van der Waals surface area contributed by atoms with E-state index >= 15 is 0 Å². The zero-order valence-electron chi connectivity index (χ0n) is 19.6. The molecule has 0 atom stereocenters. The van der Waals surface area contributed by atoms with Crippen LogP contribution in [0.1, 0.15) is 36.0 Å². The van der Waals surface area contributed by atoms with Crippen LogP contribution in [0, 0.1) is 20.8 Å². The molecule has 174 valence electrons. The van der Waals surface area contributed by atoms with Crippen LogP contribution in [0.4, 0.5) is 0 Å². The van der Waals surface area contributed by atoms with E-state index < -0.39 is 19.2 Å². The summed E-state index contributed by atoms with van der Waals surface area (Å²) in [5.74, 6) is -1.44. The maximum absolute atomic E-state index is 11.9. The number of aryl methyl sites for hydroxylation is 3. The first-order valence-corrected chi connectivity index (χ1v) is 13.6. The van der Waals surface area contributed by atoms with Gasteiger partial charge in [-0.05, 0) is 0 Å². The summed E-state index contributed by atoms with van der Waals surface area (Å²) in [4.78, 5) is 22.6. The second-order valence-corrected chi connectivity index (χ2v) is 12.8. The predicted octanol–water partition coefficient (Wildman–Crippen LogP) is 4.44. The van der Waals surface area contributed by atoms with E-state index in [1.54, 1.807) is 0 Å². The Kier molecular flexibility index (Phi) is 8.41. The molecule has 0 bridgehead atoms. The molecule has 0 aromatic heterocycles. The van der Waals surface area contributed by atoms with E-state index in [9.17, 15) is 9.59 Å². The molecule has 0 spiro atoms. The Bertz CT molecular complexity index is 959. The van der Waals surface area contributed by atoms with E-state index in [1.165, 1.54) is 32.6 Å². The summed E-state index contributed by atoms with van der Waals surface area (Å²) in [6.45, 7) is 6.58. The van der Waals surface area contributed by atoms with Gasteiger partial charge in [0, 0.05) is 0 Å². The molecule has 33 heavy (non-hydrogen) atoms. The fraction of sp³-hybridized carbons (Fsp3) is 0.286. The van der Waals surface area contributed by atoms with Crippen molar-refractivity contribution in [1.82, 2.24) is 0 Å². The molecule has 3 aromatic rings. The van der Waals surface area contributed by atoms with Crippen LogP contribution in [0.15, 0.2) is 72.8 Å². The first kappa shape index (κ1) is 24.7. The molecule has 0 fully saturated rings. The van der Waals surface area contributed by atoms with E-state index in [4.69, 9.17) is 9.84 Å². The molecule has 0 saturated heterocycles. The minimum atomic E-state index is -2.39. The number of rotatable bonds is 10. The molecule has 5 heteroatoms. The number of carbonyl (C=O) groups is 2. The standard InChI is InChI=1S/C28H33O4P/c1-21-5-11-24(12-6-21)33(25-13-7-22(2)8-14-25,26-15-9-23(3)10-16-26)20-4-19-32-28(31)18-17-27(29)30/h5-16,33H,4,17-20H2,1-3H3,(H,29,30). The van der Waals surface area contributed by atoms with Crippen molar-refractivity contribution in [1.29, 1.82) is 0 Å². The normalized spacial score (nSPS) is 11.7. The molecule has 3 rings (SSSR count). The van der Waals surface area contributed by atoms with Gasteiger partial charge in [-0.25, -0.2) is 0 Å². The number of carboxylic acid groups (broad SMARTS) is 1. The molecular formula is C28H33O4P. The van der Waals surface area contributed by atoms with Crippen LogP contribution in [0.5, 0.6) is 0 Å². The van der Waals surface area contributed by atoms with Gasteiger partial charge in [0.2, 0.25) is 0 Å². The summed E-state index contributed by atoms with van der Waals surface area (Å²) >= 11 is 0. The third kappa shape index (κ3) is 6.30. The average molecular weight is 465 g/mol. The fourth-order valence-electron chi connectivity index (χ4n) is 4.25. The van der Waals surface area contributed by atoms with Gasteiger partial charge in [-0.2, -0.15) is 0 Å². The van der Waals surface area contributed by atoms with Crippen molar-refractivity contribution >= 4 is 35.1 Å². The predicted molar refractivity (Wildman–Crippen MR) is 138 cm³/mol. The van der Waals surface area contributed by atoms with Crippen molar-refractivity contribution in [2.24, 2.45) is 0 Å². The van der Waals surface area contributed by atoms with E-state index in [0.29, 0.717) is 6.42 Å². The minimum absolute atomic E-state index is 0.0915. The van der Waals surface area contributed by atoms with Crippen LogP contribution in [0.3, 0.4) is 0 Å². The van der Waals surface area contributed by atoms with Crippen LogP contribution in [0.25, 0.3) is 0 Å². The molecule has 0 heterocycles. The van der Waals surface area contributed by atoms with Gasteiger partial charge in [0.15, 0.2) is 0 Å². The van der Waals surface area contributed by atoms with E-state index in [-0.39, 0.29) is 19.4 Å². The Labute approximate surface area is 197 Å². The van der Waals surface area contributed by atoms with Crippen molar-refractivity contribution < 1.29 is 19.4 Å². The summed E-state index contributed by atoms with van der Waals surface area (Å²) in [6.07, 6.45) is 1.30. The molecule has 0 aliphatic rings. The Morgan fingerprint density at radius 3 is 1.45 bits per heavy atom. The van der Waals surface area contributed by atoms with E-state index in [2.05, 4.69) is 93.6 Å². The molecule has 0 saturated carbocycles. The second-order valence-electron chi connectivity index (χ2n) is 8.72. The zero-order chi connectivity index (χ0) is 23.8. The van der Waals surface area contributed by atoms with Gasteiger partial charge >= 0.3 is 197 Å². The van der Waals surface area contributed by atoms with Crippen LogP contribution in [-0.2, 0) is 14.3 Å².